The highest BCUT2D eigenvalue weighted by atomic mass is 19.4. The third-order valence-electron chi connectivity index (χ3n) is 3.92. The SMILES string of the molecule is OC(c1ccc(C2=NOC(O)(C(F)(F)F)C2)cc1)c1cc(F)cc(F)c1. The van der Waals surface area contributed by atoms with E-state index in [0.29, 0.717) is 6.07 Å². The summed E-state index contributed by atoms with van der Waals surface area (Å²) in [6.45, 7) is 0. The van der Waals surface area contributed by atoms with Gasteiger partial charge in [0.1, 0.15) is 17.7 Å². The average Bonchev–Trinajstić information content (AvgIpc) is 2.97. The number of halogens is 5. The van der Waals surface area contributed by atoms with E-state index in [-0.39, 0.29) is 22.4 Å². The molecule has 138 valence electrons. The zero-order valence-corrected chi connectivity index (χ0v) is 13.0. The van der Waals surface area contributed by atoms with Crippen molar-refractivity contribution in [1.29, 1.82) is 0 Å². The van der Waals surface area contributed by atoms with Crippen LogP contribution in [0.3, 0.4) is 0 Å². The van der Waals surface area contributed by atoms with Crippen LogP contribution in [0.2, 0.25) is 0 Å². The van der Waals surface area contributed by atoms with Gasteiger partial charge < -0.3 is 15.1 Å². The lowest BCUT2D eigenvalue weighted by Crippen LogP contribution is -2.45. The highest BCUT2D eigenvalue weighted by Gasteiger charge is 2.60. The predicted octanol–water partition coefficient (Wildman–Crippen LogP) is 3.42. The van der Waals surface area contributed by atoms with E-state index in [4.69, 9.17) is 0 Å². The van der Waals surface area contributed by atoms with Crippen molar-refractivity contribution in [3.63, 3.8) is 0 Å². The van der Waals surface area contributed by atoms with Gasteiger partial charge >= 0.3 is 12.0 Å². The van der Waals surface area contributed by atoms with Crippen molar-refractivity contribution >= 4 is 5.71 Å². The van der Waals surface area contributed by atoms with Gasteiger partial charge in [-0.25, -0.2) is 8.78 Å². The number of alkyl halides is 3. The van der Waals surface area contributed by atoms with Crippen LogP contribution in [-0.2, 0) is 4.84 Å². The standard InChI is InChI=1S/C17H12F5NO3/c18-12-5-11(6-13(19)7-12)15(24)10-3-1-9(2-4-10)14-8-16(25,26-23-14)17(20,21)22/h1-7,15,24-25H,8H2. The molecule has 1 heterocycles. The second kappa shape index (κ2) is 6.33. The van der Waals surface area contributed by atoms with Crippen molar-refractivity contribution in [2.24, 2.45) is 5.16 Å². The smallest absolute Gasteiger partial charge is 0.384 e. The van der Waals surface area contributed by atoms with Crippen LogP contribution in [0, 0.1) is 11.6 Å². The zero-order valence-electron chi connectivity index (χ0n) is 13.0. The lowest BCUT2D eigenvalue weighted by molar-refractivity contribution is -0.355. The molecule has 3 rings (SSSR count). The topological polar surface area (TPSA) is 62.1 Å². The number of oxime groups is 1. The maximum absolute atomic E-state index is 13.2. The fourth-order valence-corrected chi connectivity index (χ4v) is 2.51. The summed E-state index contributed by atoms with van der Waals surface area (Å²) in [5.41, 5.74) is 0.377. The van der Waals surface area contributed by atoms with Crippen LogP contribution < -0.4 is 0 Å². The third-order valence-corrected chi connectivity index (χ3v) is 3.92. The molecule has 0 fully saturated rings. The van der Waals surface area contributed by atoms with Gasteiger partial charge in [0.25, 0.3) is 0 Å². The Kier molecular flexibility index (Phi) is 4.45. The van der Waals surface area contributed by atoms with Crippen molar-refractivity contribution in [2.75, 3.05) is 0 Å². The van der Waals surface area contributed by atoms with E-state index in [1.165, 1.54) is 24.3 Å². The molecule has 9 heteroatoms. The van der Waals surface area contributed by atoms with Gasteiger partial charge in [-0.3, -0.25) is 0 Å². The zero-order chi connectivity index (χ0) is 19.1. The van der Waals surface area contributed by atoms with Crippen molar-refractivity contribution in [1.82, 2.24) is 0 Å². The van der Waals surface area contributed by atoms with Gasteiger partial charge in [-0.2, -0.15) is 13.2 Å². The highest BCUT2D eigenvalue weighted by molar-refractivity contribution is 6.01. The molecule has 2 atom stereocenters. The van der Waals surface area contributed by atoms with Crippen LogP contribution in [-0.4, -0.2) is 27.9 Å². The fourth-order valence-electron chi connectivity index (χ4n) is 2.51. The van der Waals surface area contributed by atoms with Gasteiger partial charge in [0.2, 0.25) is 0 Å². The Hall–Kier alpha value is -2.52. The predicted molar refractivity (Wildman–Crippen MR) is 80.1 cm³/mol. The quantitative estimate of drug-likeness (QED) is 0.811. The van der Waals surface area contributed by atoms with Crippen LogP contribution in [0.15, 0.2) is 47.6 Å². The van der Waals surface area contributed by atoms with Gasteiger partial charge in [0.15, 0.2) is 0 Å². The molecular formula is C17H12F5NO3. The van der Waals surface area contributed by atoms with Crippen molar-refractivity contribution < 1.29 is 37.0 Å². The van der Waals surface area contributed by atoms with E-state index in [1.807, 2.05) is 0 Å². The molecule has 1 aliphatic heterocycles. The maximum Gasteiger partial charge on any atom is 0.458 e. The molecule has 0 saturated heterocycles. The fraction of sp³-hybridized carbons (Fsp3) is 0.235. The highest BCUT2D eigenvalue weighted by Crippen LogP contribution is 2.39. The molecule has 2 unspecified atom stereocenters. The second-order valence-electron chi connectivity index (χ2n) is 5.82. The van der Waals surface area contributed by atoms with Crippen molar-refractivity contribution in [2.45, 2.75) is 24.5 Å². The minimum Gasteiger partial charge on any atom is -0.384 e. The number of hydrogen-bond acceptors (Lipinski definition) is 4. The number of aliphatic hydroxyl groups excluding tert-OH is 1. The van der Waals surface area contributed by atoms with Gasteiger partial charge in [-0.1, -0.05) is 29.4 Å². The number of nitrogens with zero attached hydrogens (tertiary/aromatic N) is 1. The number of aliphatic hydroxyl groups is 2. The van der Waals surface area contributed by atoms with Gasteiger partial charge in [-0.05, 0) is 28.8 Å². The molecule has 0 aliphatic carbocycles. The molecule has 2 N–H and O–H groups in total. The van der Waals surface area contributed by atoms with E-state index in [9.17, 15) is 32.2 Å². The van der Waals surface area contributed by atoms with E-state index in [2.05, 4.69) is 9.99 Å². The Bertz CT molecular complexity index is 830. The van der Waals surface area contributed by atoms with Crippen molar-refractivity contribution in [3.8, 4) is 0 Å². The lowest BCUT2D eigenvalue weighted by Gasteiger charge is -2.22. The third kappa shape index (κ3) is 3.40. The minimum absolute atomic E-state index is 0.0109. The van der Waals surface area contributed by atoms with Crippen LogP contribution in [0.25, 0.3) is 0 Å². The van der Waals surface area contributed by atoms with E-state index < -0.39 is 36.1 Å². The first-order chi connectivity index (χ1) is 12.1. The summed E-state index contributed by atoms with van der Waals surface area (Å²) in [6, 6.07) is 8.07. The first-order valence-corrected chi connectivity index (χ1v) is 7.37. The summed E-state index contributed by atoms with van der Waals surface area (Å²) in [5, 5.41) is 22.9. The first-order valence-electron chi connectivity index (χ1n) is 7.37. The van der Waals surface area contributed by atoms with Crippen LogP contribution in [0.5, 0.6) is 0 Å². The molecular weight excluding hydrogens is 361 g/mol. The average molecular weight is 373 g/mol. The first kappa shape index (κ1) is 18.3. The van der Waals surface area contributed by atoms with Gasteiger partial charge in [0.05, 0.1) is 12.1 Å². The lowest BCUT2D eigenvalue weighted by atomic mass is 9.97. The molecule has 4 nitrogen and oxygen atoms in total. The summed E-state index contributed by atoms with van der Waals surface area (Å²) >= 11 is 0. The van der Waals surface area contributed by atoms with Gasteiger partial charge in [0, 0.05) is 6.07 Å². The van der Waals surface area contributed by atoms with E-state index >= 15 is 0 Å². The van der Waals surface area contributed by atoms with Crippen LogP contribution in [0.4, 0.5) is 22.0 Å². The summed E-state index contributed by atoms with van der Waals surface area (Å²) in [5.74, 6) is -5.07. The number of hydrogen-bond donors (Lipinski definition) is 2. The normalized spacial score (nSPS) is 21.3. The summed E-state index contributed by atoms with van der Waals surface area (Å²) in [7, 11) is 0. The van der Waals surface area contributed by atoms with Gasteiger partial charge in [-0.15, -0.1) is 0 Å². The molecule has 0 bridgehead atoms. The molecule has 0 radical (unpaired) electrons. The summed E-state index contributed by atoms with van der Waals surface area (Å²) < 4.78 is 64.6. The molecule has 0 amide bonds. The summed E-state index contributed by atoms with van der Waals surface area (Å²) in [6.07, 6.45) is -7.22. The Balaban J connectivity index is 1.79. The molecule has 1 aliphatic rings. The largest absolute Gasteiger partial charge is 0.458 e. The van der Waals surface area contributed by atoms with Crippen LogP contribution >= 0.6 is 0 Å². The molecule has 0 aromatic heterocycles. The Morgan fingerprint density at radius 1 is 1.00 bits per heavy atom. The van der Waals surface area contributed by atoms with E-state index in [1.54, 1.807) is 0 Å². The Morgan fingerprint density at radius 2 is 1.58 bits per heavy atom. The maximum atomic E-state index is 13.2. The second-order valence-corrected chi connectivity index (χ2v) is 5.82. The Morgan fingerprint density at radius 3 is 2.08 bits per heavy atom. The number of rotatable bonds is 3. The number of benzene rings is 2. The Labute approximate surface area is 144 Å². The monoisotopic (exact) mass is 373 g/mol. The van der Waals surface area contributed by atoms with E-state index in [0.717, 1.165) is 12.1 Å². The molecule has 26 heavy (non-hydrogen) atoms. The molecule has 2 aromatic carbocycles. The van der Waals surface area contributed by atoms with Crippen molar-refractivity contribution in [3.05, 3.63) is 70.8 Å². The molecule has 2 aromatic rings. The molecule has 0 spiro atoms. The van der Waals surface area contributed by atoms with Crippen LogP contribution in [0.1, 0.15) is 29.2 Å². The minimum atomic E-state index is -5.00. The summed E-state index contributed by atoms with van der Waals surface area (Å²) in [4.78, 5) is 4.13. The molecule has 0 saturated carbocycles.